The number of amides is 1. The predicted molar refractivity (Wildman–Crippen MR) is 106 cm³/mol. The molecule has 0 spiro atoms. The van der Waals surface area contributed by atoms with Crippen LogP contribution in [0.5, 0.6) is 5.75 Å². The molecule has 0 bridgehead atoms. The van der Waals surface area contributed by atoms with Crippen molar-refractivity contribution in [2.45, 2.75) is 19.6 Å². The molecule has 0 saturated carbocycles. The van der Waals surface area contributed by atoms with Gasteiger partial charge in [-0.1, -0.05) is 41.9 Å². The summed E-state index contributed by atoms with van der Waals surface area (Å²) in [4.78, 5) is 26.2. The lowest BCUT2D eigenvalue weighted by Crippen LogP contribution is -3.13. The summed E-state index contributed by atoms with van der Waals surface area (Å²) in [5.74, 6) is 0.162. The molecule has 1 amide bonds. The van der Waals surface area contributed by atoms with Crippen molar-refractivity contribution >= 4 is 23.2 Å². The number of rotatable bonds is 6. The topological polar surface area (TPSA) is 77.1 Å². The van der Waals surface area contributed by atoms with Gasteiger partial charge in [0.2, 0.25) is 0 Å². The highest BCUT2D eigenvalue weighted by Gasteiger charge is 2.28. The van der Waals surface area contributed by atoms with Gasteiger partial charge in [-0.3, -0.25) is 14.9 Å². The van der Waals surface area contributed by atoms with Crippen molar-refractivity contribution in [1.82, 2.24) is 4.90 Å². The molecule has 2 aromatic carbocycles. The molecule has 1 N–H and O–H groups in total. The Morgan fingerprint density at radius 1 is 1.25 bits per heavy atom. The summed E-state index contributed by atoms with van der Waals surface area (Å²) < 4.78 is 5.66. The van der Waals surface area contributed by atoms with Gasteiger partial charge in [0.05, 0.1) is 36.1 Å². The first-order chi connectivity index (χ1) is 13.4. The summed E-state index contributed by atoms with van der Waals surface area (Å²) in [5.41, 5.74) is 1.18. The van der Waals surface area contributed by atoms with Gasteiger partial charge in [-0.15, -0.1) is 0 Å². The number of hydrogen-bond donors (Lipinski definition) is 1. The number of benzene rings is 2. The normalized spacial score (nSPS) is 15.9. The van der Waals surface area contributed by atoms with Crippen LogP contribution in [0.3, 0.4) is 0 Å². The van der Waals surface area contributed by atoms with Crippen LogP contribution >= 0.6 is 11.6 Å². The second kappa shape index (κ2) is 9.03. The second-order valence-corrected chi connectivity index (χ2v) is 7.28. The van der Waals surface area contributed by atoms with Crippen molar-refractivity contribution in [1.29, 1.82) is 0 Å². The zero-order chi connectivity index (χ0) is 20.1. The zero-order valence-corrected chi connectivity index (χ0v) is 16.4. The van der Waals surface area contributed by atoms with Crippen molar-refractivity contribution in [2.24, 2.45) is 0 Å². The molecule has 28 heavy (non-hydrogen) atoms. The van der Waals surface area contributed by atoms with E-state index in [9.17, 15) is 14.9 Å². The fourth-order valence-electron chi connectivity index (χ4n) is 3.30. The van der Waals surface area contributed by atoms with E-state index in [1.807, 2.05) is 18.2 Å². The lowest BCUT2D eigenvalue weighted by molar-refractivity contribution is -0.917. The lowest BCUT2D eigenvalue weighted by Gasteiger charge is -2.33. The third-order valence-corrected chi connectivity index (χ3v) is 5.15. The van der Waals surface area contributed by atoms with E-state index in [1.54, 1.807) is 11.8 Å². The van der Waals surface area contributed by atoms with Crippen LogP contribution in [0, 0.1) is 10.1 Å². The van der Waals surface area contributed by atoms with Crippen LogP contribution in [0.2, 0.25) is 5.02 Å². The van der Waals surface area contributed by atoms with Crippen LogP contribution in [0.25, 0.3) is 0 Å². The van der Waals surface area contributed by atoms with Crippen molar-refractivity contribution in [2.75, 3.05) is 26.2 Å². The number of nitro groups is 1. The average Bonchev–Trinajstić information content (AvgIpc) is 2.70. The third-order valence-electron chi connectivity index (χ3n) is 4.86. The summed E-state index contributed by atoms with van der Waals surface area (Å²) in [6, 6.07) is 14.3. The van der Waals surface area contributed by atoms with E-state index in [0.717, 1.165) is 19.6 Å². The summed E-state index contributed by atoms with van der Waals surface area (Å²) in [7, 11) is 0. The molecule has 148 valence electrons. The minimum Gasteiger partial charge on any atom is -0.479 e. The van der Waals surface area contributed by atoms with Crippen LogP contribution in [-0.2, 0) is 11.3 Å². The maximum atomic E-state index is 12.7. The van der Waals surface area contributed by atoms with Crippen molar-refractivity contribution < 1.29 is 19.4 Å². The van der Waals surface area contributed by atoms with Gasteiger partial charge in [-0.25, -0.2) is 0 Å². The quantitative estimate of drug-likeness (QED) is 0.589. The molecular weight excluding hydrogens is 382 g/mol. The largest absolute Gasteiger partial charge is 0.479 e. The average molecular weight is 405 g/mol. The van der Waals surface area contributed by atoms with Gasteiger partial charge in [0.25, 0.3) is 11.6 Å². The molecule has 0 unspecified atom stereocenters. The molecule has 2 aromatic rings. The molecule has 0 aromatic heterocycles. The third kappa shape index (κ3) is 4.99. The molecule has 0 aliphatic carbocycles. The van der Waals surface area contributed by atoms with Crippen LogP contribution < -0.4 is 9.64 Å². The van der Waals surface area contributed by atoms with Gasteiger partial charge >= 0.3 is 0 Å². The number of nitrogens with one attached hydrogen (secondary N) is 1. The fraction of sp³-hybridized carbons (Fsp3) is 0.350. The Morgan fingerprint density at radius 2 is 1.93 bits per heavy atom. The van der Waals surface area contributed by atoms with E-state index in [4.69, 9.17) is 16.3 Å². The summed E-state index contributed by atoms with van der Waals surface area (Å²) >= 11 is 6.05. The lowest BCUT2D eigenvalue weighted by atomic mass is 10.2. The van der Waals surface area contributed by atoms with Crippen molar-refractivity contribution in [3.8, 4) is 5.75 Å². The van der Waals surface area contributed by atoms with E-state index < -0.39 is 11.0 Å². The SMILES string of the molecule is C[C@H](Oc1ccc([N+](=O)[O-])cc1Cl)C(=O)N1CC[NH+](Cc2ccccc2)CC1. The number of carbonyl (C=O) groups is 1. The van der Waals surface area contributed by atoms with Gasteiger partial charge in [0.1, 0.15) is 12.3 Å². The highest BCUT2D eigenvalue weighted by Crippen LogP contribution is 2.29. The second-order valence-electron chi connectivity index (χ2n) is 6.87. The van der Waals surface area contributed by atoms with Crippen molar-refractivity contribution in [3.63, 3.8) is 0 Å². The van der Waals surface area contributed by atoms with Gasteiger partial charge in [0, 0.05) is 17.7 Å². The Hall–Kier alpha value is -2.64. The van der Waals surface area contributed by atoms with Gasteiger partial charge < -0.3 is 14.5 Å². The monoisotopic (exact) mass is 404 g/mol. The number of non-ortho nitro benzene ring substituents is 1. The first-order valence-corrected chi connectivity index (χ1v) is 9.58. The van der Waals surface area contributed by atoms with Gasteiger partial charge in [-0.05, 0) is 13.0 Å². The van der Waals surface area contributed by atoms with E-state index >= 15 is 0 Å². The Morgan fingerprint density at radius 3 is 2.54 bits per heavy atom. The minimum absolute atomic E-state index is 0.104. The molecule has 8 heteroatoms. The van der Waals surface area contributed by atoms with E-state index in [0.29, 0.717) is 13.1 Å². The molecule has 1 saturated heterocycles. The maximum Gasteiger partial charge on any atom is 0.271 e. The molecule has 1 atom stereocenters. The molecular formula is C20H23ClN3O4+. The Balaban J connectivity index is 1.52. The molecule has 1 aliphatic rings. The molecule has 1 fully saturated rings. The summed E-state index contributed by atoms with van der Waals surface area (Å²) in [6.45, 7) is 5.72. The van der Waals surface area contributed by atoms with Crippen LogP contribution in [0.4, 0.5) is 5.69 Å². The Kier molecular flexibility index (Phi) is 6.49. The summed E-state index contributed by atoms with van der Waals surface area (Å²) in [6.07, 6.45) is -0.713. The first kappa shape index (κ1) is 20.1. The maximum absolute atomic E-state index is 12.7. The number of hydrogen-bond acceptors (Lipinski definition) is 4. The number of piperazine rings is 1. The Bertz CT molecular complexity index is 839. The zero-order valence-electron chi connectivity index (χ0n) is 15.6. The number of halogens is 1. The van der Waals surface area contributed by atoms with Gasteiger partial charge in [0.15, 0.2) is 6.10 Å². The number of carbonyl (C=O) groups excluding carboxylic acids is 1. The van der Waals surface area contributed by atoms with Crippen molar-refractivity contribution in [3.05, 3.63) is 69.2 Å². The Labute approximate surface area is 168 Å². The van der Waals surface area contributed by atoms with Crippen LogP contribution in [-0.4, -0.2) is 48.0 Å². The number of nitro benzene ring substituents is 1. The number of quaternary nitrogens is 1. The minimum atomic E-state index is -0.713. The van der Waals surface area contributed by atoms with E-state index in [1.165, 1.54) is 28.7 Å². The fourth-order valence-corrected chi connectivity index (χ4v) is 3.52. The molecule has 7 nitrogen and oxygen atoms in total. The highest BCUT2D eigenvalue weighted by atomic mass is 35.5. The van der Waals surface area contributed by atoms with E-state index in [2.05, 4.69) is 12.1 Å². The number of ether oxygens (including phenoxy) is 1. The highest BCUT2D eigenvalue weighted by molar-refractivity contribution is 6.32. The van der Waals surface area contributed by atoms with Gasteiger partial charge in [-0.2, -0.15) is 0 Å². The molecule has 1 heterocycles. The predicted octanol–water partition coefficient (Wildman–Crippen LogP) is 1.94. The molecule has 3 rings (SSSR count). The number of nitrogens with zero attached hydrogens (tertiary/aromatic N) is 2. The van der Waals surface area contributed by atoms with Crippen LogP contribution in [0.1, 0.15) is 12.5 Å². The van der Waals surface area contributed by atoms with Crippen LogP contribution in [0.15, 0.2) is 48.5 Å². The molecule has 1 aliphatic heterocycles. The van der Waals surface area contributed by atoms with E-state index in [-0.39, 0.29) is 22.4 Å². The first-order valence-electron chi connectivity index (χ1n) is 9.21. The smallest absolute Gasteiger partial charge is 0.271 e. The standard InChI is InChI=1S/C20H22ClN3O4/c1-15(28-19-8-7-17(24(26)27)13-18(19)21)20(25)23-11-9-22(10-12-23)14-16-5-3-2-4-6-16/h2-8,13,15H,9-12,14H2,1H3/p+1/t15-/m0/s1. The summed E-state index contributed by atoms with van der Waals surface area (Å²) in [5, 5.41) is 10.9. The molecule has 0 radical (unpaired) electrons.